The van der Waals surface area contributed by atoms with Gasteiger partial charge in [0, 0.05) is 0 Å². The van der Waals surface area contributed by atoms with Gasteiger partial charge in [-0.15, -0.1) is 0 Å². The molecule has 4 aromatic rings. The molecule has 0 amide bonds. The first kappa shape index (κ1) is 27.9. The summed E-state index contributed by atoms with van der Waals surface area (Å²) < 4.78 is 14.0. The largest absolute Gasteiger partial charge is 0.394 e. The molecule has 0 saturated carbocycles. The highest BCUT2D eigenvalue weighted by molar-refractivity contribution is 5.82. The summed E-state index contributed by atoms with van der Waals surface area (Å²) in [4.78, 5) is 24.0. The highest BCUT2D eigenvalue weighted by Gasteiger charge is 2.54. The van der Waals surface area contributed by atoms with E-state index in [9.17, 15) is 30.6 Å². The van der Waals surface area contributed by atoms with Gasteiger partial charge in [0.05, 0.1) is 25.9 Å². The molecule has 2 aliphatic heterocycles. The monoisotopic (exact) mass is 562 g/mol. The number of hydrogen-bond donors (Lipinski definition) is 8. The maximum Gasteiger partial charge on any atom is 0.173 e. The Labute approximate surface area is 225 Å². The molecular formula is C22H30N10O8. The molecule has 0 aromatic carbocycles. The van der Waals surface area contributed by atoms with Crippen molar-refractivity contribution in [3.05, 3.63) is 25.3 Å². The van der Waals surface area contributed by atoms with Crippen LogP contribution in [0.15, 0.2) is 25.3 Å². The standard InChI is InChI=1S/2C11H15N5O4/c1-11(8(19)7(18)5(2-17)20-11)16-4-15-6-9(12)13-3-14-10(6)16;1-11(19)7(18)5(2-17)20-10(11)16-4-15-6-8(12)13-3-14-9(6)16/h3-5,7-8,17-19H,2H2,1H3,(H2,12,13,14);3-5,7,10,17-19H,2H2,1H3,(H2,12,13,14)/t5-,7?,8+,11-;5-,7?,10-,11+/m11/s1. The van der Waals surface area contributed by atoms with Gasteiger partial charge in [-0.05, 0) is 13.8 Å². The smallest absolute Gasteiger partial charge is 0.173 e. The lowest BCUT2D eigenvalue weighted by atomic mass is 9.96. The molecule has 18 heteroatoms. The molecule has 216 valence electrons. The summed E-state index contributed by atoms with van der Waals surface area (Å²) in [5.74, 6) is 0.426. The van der Waals surface area contributed by atoms with Crippen LogP contribution in [0, 0.1) is 0 Å². The summed E-state index contributed by atoms with van der Waals surface area (Å²) in [6.07, 6.45) is -1.01. The van der Waals surface area contributed by atoms with E-state index in [0.29, 0.717) is 22.3 Å². The molecule has 0 bridgehead atoms. The summed E-state index contributed by atoms with van der Waals surface area (Å²) in [6.45, 7) is 2.19. The molecule has 2 saturated heterocycles. The molecule has 6 heterocycles. The van der Waals surface area contributed by atoms with Crippen molar-refractivity contribution >= 4 is 34.0 Å². The number of ether oxygens (including phenoxy) is 2. The van der Waals surface area contributed by atoms with Gasteiger partial charge in [0.15, 0.2) is 34.9 Å². The number of nitrogens with two attached hydrogens (primary N) is 2. The van der Waals surface area contributed by atoms with E-state index in [0.717, 1.165) is 0 Å². The normalized spacial score (nSPS) is 33.9. The Morgan fingerprint density at radius 2 is 1.40 bits per heavy atom. The van der Waals surface area contributed by atoms with Crippen molar-refractivity contribution in [3.63, 3.8) is 0 Å². The van der Waals surface area contributed by atoms with Crippen molar-refractivity contribution in [1.82, 2.24) is 39.0 Å². The van der Waals surface area contributed by atoms with Gasteiger partial charge in [-0.1, -0.05) is 0 Å². The average molecular weight is 563 g/mol. The number of hydrogen-bond acceptors (Lipinski definition) is 16. The number of rotatable bonds is 4. The minimum atomic E-state index is -1.60. The highest BCUT2D eigenvalue weighted by Crippen LogP contribution is 2.39. The number of nitrogen functional groups attached to an aromatic ring is 2. The molecule has 8 atom stereocenters. The summed E-state index contributed by atoms with van der Waals surface area (Å²) in [6, 6.07) is 0. The van der Waals surface area contributed by atoms with Crippen LogP contribution >= 0.6 is 0 Å². The SMILES string of the molecule is C[C@@]1(n2cnc3c(N)ncnc32)O[C@H](CO)C(O)[C@@H]1O.C[C@]1(O)C(O)[C@@H](CO)O[C@H]1n1cnc2c(N)ncnc21. The van der Waals surface area contributed by atoms with Gasteiger partial charge in [-0.2, -0.15) is 0 Å². The summed E-state index contributed by atoms with van der Waals surface area (Å²) >= 11 is 0. The van der Waals surface area contributed by atoms with Gasteiger partial charge < -0.3 is 51.6 Å². The Morgan fingerprint density at radius 1 is 0.825 bits per heavy atom. The molecule has 0 radical (unpaired) electrons. The fraction of sp³-hybridized carbons (Fsp3) is 0.545. The van der Waals surface area contributed by atoms with Gasteiger partial charge in [0.25, 0.3) is 0 Å². The molecule has 4 aromatic heterocycles. The van der Waals surface area contributed by atoms with Crippen molar-refractivity contribution in [3.8, 4) is 0 Å². The number of imidazole rings is 2. The summed E-state index contributed by atoms with van der Waals surface area (Å²) in [5.41, 5.74) is 10.0. The third kappa shape index (κ3) is 4.21. The van der Waals surface area contributed by atoms with E-state index >= 15 is 0 Å². The molecule has 6 rings (SSSR count). The minimum Gasteiger partial charge on any atom is -0.394 e. The van der Waals surface area contributed by atoms with E-state index < -0.39 is 61.3 Å². The maximum atomic E-state index is 10.4. The maximum absolute atomic E-state index is 10.4. The number of aliphatic hydroxyl groups excluding tert-OH is 5. The van der Waals surface area contributed by atoms with Crippen LogP contribution in [0.3, 0.4) is 0 Å². The second-order valence-electron chi connectivity index (χ2n) is 9.84. The number of aromatic nitrogens is 8. The number of nitrogens with zero attached hydrogens (tertiary/aromatic N) is 8. The third-order valence-electron chi connectivity index (χ3n) is 7.24. The Hall–Kier alpha value is -3.62. The zero-order valence-electron chi connectivity index (χ0n) is 21.4. The van der Waals surface area contributed by atoms with Crippen molar-refractivity contribution in [2.75, 3.05) is 24.7 Å². The van der Waals surface area contributed by atoms with Crippen molar-refractivity contribution < 1.29 is 40.1 Å². The zero-order valence-corrected chi connectivity index (χ0v) is 21.4. The van der Waals surface area contributed by atoms with Crippen LogP contribution in [-0.2, 0) is 15.2 Å². The first-order valence-corrected chi connectivity index (χ1v) is 12.1. The molecule has 0 spiro atoms. The molecule has 40 heavy (non-hydrogen) atoms. The van der Waals surface area contributed by atoms with Crippen LogP contribution in [0.4, 0.5) is 11.6 Å². The van der Waals surface area contributed by atoms with E-state index in [2.05, 4.69) is 29.9 Å². The van der Waals surface area contributed by atoms with Gasteiger partial charge in [0.1, 0.15) is 59.8 Å². The average Bonchev–Trinajstić information content (AvgIpc) is 3.67. The Balaban J connectivity index is 0.000000161. The molecule has 0 aliphatic carbocycles. The number of aliphatic hydroxyl groups is 6. The topological polar surface area (TPSA) is 279 Å². The highest BCUT2D eigenvalue weighted by atomic mass is 16.6. The van der Waals surface area contributed by atoms with Crippen LogP contribution in [0.25, 0.3) is 22.3 Å². The van der Waals surface area contributed by atoms with Gasteiger partial charge >= 0.3 is 0 Å². The second kappa shape index (κ2) is 10.1. The van der Waals surface area contributed by atoms with E-state index in [-0.39, 0.29) is 11.6 Å². The fourth-order valence-electron chi connectivity index (χ4n) is 4.92. The quantitative estimate of drug-likeness (QED) is 0.120. The van der Waals surface area contributed by atoms with E-state index in [1.165, 1.54) is 41.4 Å². The zero-order chi connectivity index (χ0) is 29.0. The fourth-order valence-corrected chi connectivity index (χ4v) is 4.92. The van der Waals surface area contributed by atoms with Gasteiger partial charge in [-0.3, -0.25) is 9.13 Å². The van der Waals surface area contributed by atoms with Crippen LogP contribution in [0.2, 0.25) is 0 Å². The third-order valence-corrected chi connectivity index (χ3v) is 7.24. The molecule has 10 N–H and O–H groups in total. The lowest BCUT2D eigenvalue weighted by Crippen LogP contribution is -2.44. The predicted octanol–water partition coefficient (Wildman–Crippen LogP) is -3.40. The molecule has 2 aliphatic rings. The van der Waals surface area contributed by atoms with Gasteiger partial charge in [-0.25, -0.2) is 29.9 Å². The lowest BCUT2D eigenvalue weighted by Gasteiger charge is -2.29. The first-order chi connectivity index (χ1) is 18.9. The number of anilines is 2. The first-order valence-electron chi connectivity index (χ1n) is 12.1. The lowest BCUT2D eigenvalue weighted by molar-refractivity contribution is -0.132. The molecular weight excluding hydrogens is 532 g/mol. The predicted molar refractivity (Wildman–Crippen MR) is 135 cm³/mol. The van der Waals surface area contributed by atoms with Crippen LogP contribution in [-0.4, -0.2) is 119 Å². The second-order valence-corrected chi connectivity index (χ2v) is 9.84. The Bertz CT molecular complexity index is 1510. The van der Waals surface area contributed by atoms with Crippen LogP contribution in [0.5, 0.6) is 0 Å². The molecule has 18 nitrogen and oxygen atoms in total. The van der Waals surface area contributed by atoms with E-state index in [1.54, 1.807) is 6.92 Å². The van der Waals surface area contributed by atoms with Crippen molar-refractivity contribution in [1.29, 1.82) is 0 Å². The summed E-state index contributed by atoms with van der Waals surface area (Å²) in [5, 5.41) is 58.9. The van der Waals surface area contributed by atoms with Crippen LogP contribution < -0.4 is 11.5 Å². The summed E-state index contributed by atoms with van der Waals surface area (Å²) in [7, 11) is 0. The van der Waals surface area contributed by atoms with E-state index in [1.807, 2.05) is 0 Å². The molecule has 2 unspecified atom stereocenters. The van der Waals surface area contributed by atoms with E-state index in [4.69, 9.17) is 20.9 Å². The number of fused-ring (bicyclic) bond motifs is 2. The molecule has 2 fully saturated rings. The Kier molecular flexibility index (Phi) is 7.04. The van der Waals surface area contributed by atoms with Crippen molar-refractivity contribution in [2.45, 2.75) is 61.9 Å². The Morgan fingerprint density at radius 3 is 1.98 bits per heavy atom. The van der Waals surface area contributed by atoms with Crippen molar-refractivity contribution in [2.24, 2.45) is 0 Å². The van der Waals surface area contributed by atoms with Gasteiger partial charge in [0.2, 0.25) is 0 Å². The minimum absolute atomic E-state index is 0.212. The van der Waals surface area contributed by atoms with Crippen LogP contribution in [0.1, 0.15) is 20.1 Å².